The zero-order valence-corrected chi connectivity index (χ0v) is 12.9. The molecule has 1 fully saturated rings. The van der Waals surface area contributed by atoms with E-state index in [4.69, 9.17) is 17.3 Å². The lowest BCUT2D eigenvalue weighted by Gasteiger charge is -2.16. The number of thioether (sulfide) groups is 1. The summed E-state index contributed by atoms with van der Waals surface area (Å²) in [6, 6.07) is 0. The summed E-state index contributed by atoms with van der Waals surface area (Å²) >= 11 is 6.91. The molecule has 1 aliphatic heterocycles. The Morgan fingerprint density at radius 3 is 2.86 bits per heavy atom. The number of anilines is 1. The molecule has 0 radical (unpaired) electrons. The Balaban J connectivity index is 2.03. The third-order valence-electron chi connectivity index (χ3n) is 3.44. The molecule has 1 amide bonds. The summed E-state index contributed by atoms with van der Waals surface area (Å²) in [6.07, 6.45) is -0.951. The maximum atomic E-state index is 11.8. The number of nitrogens with zero attached hydrogens (tertiary/aromatic N) is 4. The molecule has 3 rings (SSSR count). The molecule has 118 valence electrons. The largest absolute Gasteiger partial charge is 0.389 e. The molecule has 9 nitrogen and oxygen atoms in total. The summed E-state index contributed by atoms with van der Waals surface area (Å²) < 4.78 is 1.53. The Kier molecular flexibility index (Phi) is 3.85. The van der Waals surface area contributed by atoms with E-state index in [1.54, 1.807) is 0 Å². The van der Waals surface area contributed by atoms with Gasteiger partial charge in [-0.3, -0.25) is 9.36 Å². The number of imidazole rings is 1. The Bertz CT molecular complexity index is 740. The first-order valence-electron chi connectivity index (χ1n) is 6.32. The molecule has 0 aromatic carbocycles. The lowest BCUT2D eigenvalue weighted by Crippen LogP contribution is -2.39. The molecule has 0 saturated carbocycles. The van der Waals surface area contributed by atoms with Crippen molar-refractivity contribution in [3.8, 4) is 0 Å². The number of carbonyl (C=O) groups excluding carboxylic acids is 1. The Morgan fingerprint density at radius 1 is 1.45 bits per heavy atom. The van der Waals surface area contributed by atoms with Gasteiger partial charge in [-0.1, -0.05) is 0 Å². The van der Waals surface area contributed by atoms with Crippen LogP contribution in [0.4, 0.5) is 5.82 Å². The van der Waals surface area contributed by atoms with Crippen molar-refractivity contribution in [1.29, 1.82) is 0 Å². The quantitative estimate of drug-likeness (QED) is 0.516. The summed E-state index contributed by atoms with van der Waals surface area (Å²) in [6.45, 7) is 0. The lowest BCUT2D eigenvalue weighted by molar-refractivity contribution is -0.122. The molecule has 3 heterocycles. The molecule has 22 heavy (non-hydrogen) atoms. The normalized spacial score (nSPS) is 28.2. The van der Waals surface area contributed by atoms with Crippen molar-refractivity contribution in [2.24, 2.45) is 0 Å². The molecule has 2 aromatic heterocycles. The number of aromatic nitrogens is 4. The van der Waals surface area contributed by atoms with Crippen LogP contribution in [0.25, 0.3) is 11.2 Å². The predicted octanol–water partition coefficient (Wildman–Crippen LogP) is -0.856. The molecule has 1 saturated heterocycles. The summed E-state index contributed by atoms with van der Waals surface area (Å²) in [7, 11) is 1.47. The van der Waals surface area contributed by atoms with Gasteiger partial charge in [0.2, 0.25) is 11.2 Å². The van der Waals surface area contributed by atoms with Gasteiger partial charge in [0.25, 0.3) is 0 Å². The summed E-state index contributed by atoms with van der Waals surface area (Å²) in [4.78, 5) is 23.7. The fourth-order valence-electron chi connectivity index (χ4n) is 2.35. The average Bonchev–Trinajstić information content (AvgIpc) is 3.01. The highest BCUT2D eigenvalue weighted by Crippen LogP contribution is 2.43. The van der Waals surface area contributed by atoms with Gasteiger partial charge < -0.3 is 21.3 Å². The number of rotatable bonds is 2. The molecule has 2 unspecified atom stereocenters. The van der Waals surface area contributed by atoms with E-state index in [0.29, 0.717) is 11.2 Å². The number of fused-ring (bicyclic) bond motifs is 1. The smallest absolute Gasteiger partial charge is 0.235 e. The maximum absolute atomic E-state index is 11.8. The minimum absolute atomic E-state index is 0.0485. The molecule has 0 spiro atoms. The van der Waals surface area contributed by atoms with Gasteiger partial charge in [0.1, 0.15) is 28.3 Å². The third kappa shape index (κ3) is 2.28. The SMILES string of the molecule is CNC(=O)C1S[C@@H](n2cnc3c(N)nc(Cl)nc32)[C@H](O)C1O. The van der Waals surface area contributed by atoms with Crippen molar-refractivity contribution in [1.82, 2.24) is 24.8 Å². The number of hydrogen-bond donors (Lipinski definition) is 4. The summed E-state index contributed by atoms with van der Waals surface area (Å²) in [5.74, 6) is -0.245. The standard InChI is InChI=1S/C11H13ClN6O3S/c1-14-9(21)6-4(19)5(20)10(22-6)18-2-15-3-7(13)16-11(12)17-8(3)18/h2,4-6,10,19-20H,1H3,(H,14,21)(H2,13,16,17)/t4?,5-,6?,10-/m1/s1. The van der Waals surface area contributed by atoms with Gasteiger partial charge in [0.15, 0.2) is 11.5 Å². The zero-order valence-electron chi connectivity index (χ0n) is 11.3. The number of carbonyl (C=O) groups is 1. The van der Waals surface area contributed by atoms with Gasteiger partial charge in [-0.2, -0.15) is 9.97 Å². The molecule has 1 aliphatic rings. The number of nitrogens with one attached hydrogen (secondary N) is 1. The molecule has 0 aliphatic carbocycles. The van der Waals surface area contributed by atoms with Crippen LogP contribution < -0.4 is 11.1 Å². The molecule has 0 bridgehead atoms. The topological polar surface area (TPSA) is 139 Å². The molecule has 4 atom stereocenters. The van der Waals surface area contributed by atoms with Gasteiger partial charge in [-0.25, -0.2) is 4.98 Å². The Hall–Kier alpha value is -1.62. The van der Waals surface area contributed by atoms with E-state index >= 15 is 0 Å². The molecular weight excluding hydrogens is 332 g/mol. The van der Waals surface area contributed by atoms with Crippen LogP contribution >= 0.6 is 23.4 Å². The number of nitrogen functional groups attached to an aromatic ring is 1. The van der Waals surface area contributed by atoms with Gasteiger partial charge in [-0.15, -0.1) is 11.8 Å². The van der Waals surface area contributed by atoms with E-state index in [1.807, 2.05) is 0 Å². The van der Waals surface area contributed by atoms with Gasteiger partial charge in [0, 0.05) is 7.05 Å². The number of aliphatic hydroxyl groups is 2. The fourth-order valence-corrected chi connectivity index (χ4v) is 3.99. The van der Waals surface area contributed by atoms with Crippen molar-refractivity contribution in [3.05, 3.63) is 11.6 Å². The van der Waals surface area contributed by atoms with Crippen LogP contribution in [0.1, 0.15) is 5.37 Å². The van der Waals surface area contributed by atoms with Crippen LogP contribution in [0.5, 0.6) is 0 Å². The van der Waals surface area contributed by atoms with Crippen LogP contribution in [-0.2, 0) is 4.79 Å². The second kappa shape index (κ2) is 5.54. The fraction of sp³-hybridized carbons (Fsp3) is 0.455. The summed E-state index contributed by atoms with van der Waals surface area (Å²) in [5, 5.41) is 21.3. The second-order valence-electron chi connectivity index (χ2n) is 4.74. The maximum Gasteiger partial charge on any atom is 0.235 e. The monoisotopic (exact) mass is 344 g/mol. The number of halogens is 1. The minimum Gasteiger partial charge on any atom is -0.389 e. The van der Waals surface area contributed by atoms with E-state index in [-0.39, 0.29) is 17.0 Å². The van der Waals surface area contributed by atoms with E-state index in [1.165, 1.54) is 17.9 Å². The van der Waals surface area contributed by atoms with Crippen LogP contribution in [-0.4, -0.2) is 60.1 Å². The van der Waals surface area contributed by atoms with Gasteiger partial charge in [-0.05, 0) is 11.6 Å². The highest BCUT2D eigenvalue weighted by atomic mass is 35.5. The highest BCUT2D eigenvalue weighted by Gasteiger charge is 2.47. The molecular formula is C11H13ClN6O3S. The number of aliphatic hydroxyl groups excluding tert-OH is 2. The van der Waals surface area contributed by atoms with Gasteiger partial charge >= 0.3 is 0 Å². The number of amides is 1. The van der Waals surface area contributed by atoms with E-state index in [9.17, 15) is 15.0 Å². The predicted molar refractivity (Wildman–Crippen MR) is 81.2 cm³/mol. The first-order chi connectivity index (χ1) is 10.4. The van der Waals surface area contributed by atoms with Crippen molar-refractivity contribution in [2.45, 2.75) is 22.8 Å². The third-order valence-corrected chi connectivity index (χ3v) is 5.18. The Morgan fingerprint density at radius 2 is 2.18 bits per heavy atom. The van der Waals surface area contributed by atoms with Crippen LogP contribution in [0.2, 0.25) is 5.28 Å². The highest BCUT2D eigenvalue weighted by molar-refractivity contribution is 8.01. The van der Waals surface area contributed by atoms with Crippen molar-refractivity contribution >= 4 is 46.3 Å². The molecule has 5 N–H and O–H groups in total. The Labute approximate surface area is 133 Å². The van der Waals surface area contributed by atoms with Crippen LogP contribution in [0, 0.1) is 0 Å². The van der Waals surface area contributed by atoms with Crippen LogP contribution in [0.3, 0.4) is 0 Å². The lowest BCUT2D eigenvalue weighted by atomic mass is 10.1. The van der Waals surface area contributed by atoms with Crippen molar-refractivity contribution in [3.63, 3.8) is 0 Å². The molecule has 11 heteroatoms. The number of hydrogen-bond acceptors (Lipinski definition) is 8. The zero-order chi connectivity index (χ0) is 16.0. The van der Waals surface area contributed by atoms with E-state index in [0.717, 1.165) is 11.8 Å². The van der Waals surface area contributed by atoms with Crippen LogP contribution in [0.15, 0.2) is 6.33 Å². The first kappa shape index (κ1) is 15.3. The van der Waals surface area contributed by atoms with Crippen molar-refractivity contribution < 1.29 is 15.0 Å². The molecule has 2 aromatic rings. The summed E-state index contributed by atoms with van der Waals surface area (Å²) in [5.41, 5.74) is 6.41. The second-order valence-corrected chi connectivity index (χ2v) is 6.35. The van der Waals surface area contributed by atoms with Gasteiger partial charge in [0.05, 0.1) is 6.33 Å². The van der Waals surface area contributed by atoms with E-state index in [2.05, 4.69) is 20.3 Å². The minimum atomic E-state index is -1.21. The van der Waals surface area contributed by atoms with Crippen molar-refractivity contribution in [2.75, 3.05) is 12.8 Å². The number of nitrogens with two attached hydrogens (primary N) is 1. The first-order valence-corrected chi connectivity index (χ1v) is 7.65. The average molecular weight is 345 g/mol. The van der Waals surface area contributed by atoms with E-state index < -0.39 is 22.8 Å².